The Morgan fingerprint density at radius 3 is 2.65 bits per heavy atom. The third-order valence-corrected chi connectivity index (χ3v) is 3.00. The summed E-state index contributed by atoms with van der Waals surface area (Å²) in [4.78, 5) is 13.2. The highest BCUT2D eigenvalue weighted by molar-refractivity contribution is 5.83. The van der Waals surface area contributed by atoms with Crippen LogP contribution in [-0.2, 0) is 4.79 Å². The summed E-state index contributed by atoms with van der Waals surface area (Å²) in [5.74, 6) is -0.216. The molecule has 0 aromatic heterocycles. The van der Waals surface area contributed by atoms with Crippen LogP contribution in [0.1, 0.15) is 18.7 Å². The Balaban J connectivity index is 2.29. The fourth-order valence-corrected chi connectivity index (χ4v) is 2.03. The van der Waals surface area contributed by atoms with Gasteiger partial charge in [-0.15, -0.1) is 0 Å². The van der Waals surface area contributed by atoms with Crippen LogP contribution in [0.15, 0.2) is 18.2 Å². The molecule has 1 aromatic rings. The SMILES string of the molecule is COc1ccc(C2NC(C)C(=O)N2C)cc1F. The number of ether oxygens (including phenoxy) is 1. The number of methoxy groups -OCH3 is 1. The number of halogens is 1. The van der Waals surface area contributed by atoms with Gasteiger partial charge in [0.05, 0.1) is 13.2 Å². The molecule has 0 bridgehead atoms. The largest absolute Gasteiger partial charge is 0.494 e. The van der Waals surface area contributed by atoms with Gasteiger partial charge < -0.3 is 9.64 Å². The van der Waals surface area contributed by atoms with E-state index in [0.717, 1.165) is 0 Å². The van der Waals surface area contributed by atoms with Gasteiger partial charge in [-0.1, -0.05) is 6.07 Å². The third-order valence-electron chi connectivity index (χ3n) is 3.00. The summed E-state index contributed by atoms with van der Waals surface area (Å²) in [6.07, 6.45) is -0.280. The van der Waals surface area contributed by atoms with Gasteiger partial charge in [0.25, 0.3) is 0 Å². The highest BCUT2D eigenvalue weighted by Gasteiger charge is 2.34. The lowest BCUT2D eigenvalue weighted by Gasteiger charge is -2.20. The molecule has 1 heterocycles. The van der Waals surface area contributed by atoms with Crippen LogP contribution in [0.2, 0.25) is 0 Å². The van der Waals surface area contributed by atoms with Gasteiger partial charge in [-0.05, 0) is 24.6 Å². The second-order valence-electron chi connectivity index (χ2n) is 4.13. The Morgan fingerprint density at radius 2 is 2.18 bits per heavy atom. The molecule has 1 fully saturated rings. The van der Waals surface area contributed by atoms with Gasteiger partial charge in [0.1, 0.15) is 6.17 Å². The van der Waals surface area contributed by atoms with E-state index >= 15 is 0 Å². The van der Waals surface area contributed by atoms with Gasteiger partial charge >= 0.3 is 0 Å². The van der Waals surface area contributed by atoms with E-state index in [1.807, 2.05) is 0 Å². The molecule has 1 aromatic carbocycles. The normalized spacial score (nSPS) is 24.2. The Hall–Kier alpha value is -1.62. The van der Waals surface area contributed by atoms with Gasteiger partial charge in [0, 0.05) is 7.05 Å². The van der Waals surface area contributed by atoms with Crippen molar-refractivity contribution in [2.24, 2.45) is 0 Å². The fraction of sp³-hybridized carbons (Fsp3) is 0.417. The standard InChI is InChI=1S/C12H15FN2O2/c1-7-12(16)15(2)11(14-7)8-4-5-10(17-3)9(13)6-8/h4-7,11,14H,1-3H3. The highest BCUT2D eigenvalue weighted by Crippen LogP contribution is 2.27. The summed E-state index contributed by atoms with van der Waals surface area (Å²) in [6, 6.07) is 4.46. The molecular weight excluding hydrogens is 223 g/mol. The summed E-state index contributed by atoms with van der Waals surface area (Å²) in [7, 11) is 3.12. The molecule has 0 saturated carbocycles. The van der Waals surface area contributed by atoms with Crippen molar-refractivity contribution in [3.8, 4) is 5.75 Å². The van der Waals surface area contributed by atoms with Crippen LogP contribution in [0, 0.1) is 5.82 Å². The lowest BCUT2D eigenvalue weighted by Crippen LogP contribution is -2.26. The second-order valence-corrected chi connectivity index (χ2v) is 4.13. The van der Waals surface area contributed by atoms with Crippen molar-refractivity contribution < 1.29 is 13.9 Å². The van der Waals surface area contributed by atoms with Gasteiger partial charge in [0.15, 0.2) is 11.6 Å². The topological polar surface area (TPSA) is 41.6 Å². The summed E-state index contributed by atoms with van der Waals surface area (Å²) in [5, 5.41) is 3.10. The maximum atomic E-state index is 13.6. The van der Waals surface area contributed by atoms with Gasteiger partial charge in [-0.3, -0.25) is 10.1 Å². The van der Waals surface area contributed by atoms with Crippen LogP contribution in [0.3, 0.4) is 0 Å². The fourth-order valence-electron chi connectivity index (χ4n) is 2.03. The molecule has 0 radical (unpaired) electrons. The van der Waals surface area contributed by atoms with Crippen molar-refractivity contribution in [1.82, 2.24) is 10.2 Å². The summed E-state index contributed by atoms with van der Waals surface area (Å²) in [5.41, 5.74) is 0.712. The first kappa shape index (κ1) is 11.9. The van der Waals surface area contributed by atoms with Crippen LogP contribution < -0.4 is 10.1 Å². The number of benzene rings is 1. The van der Waals surface area contributed by atoms with Gasteiger partial charge in [-0.25, -0.2) is 4.39 Å². The molecule has 5 heteroatoms. The van der Waals surface area contributed by atoms with E-state index in [9.17, 15) is 9.18 Å². The third kappa shape index (κ3) is 1.98. The Bertz CT molecular complexity index is 450. The van der Waals surface area contributed by atoms with E-state index in [4.69, 9.17) is 4.74 Å². The van der Waals surface area contributed by atoms with Crippen molar-refractivity contribution in [1.29, 1.82) is 0 Å². The number of nitrogens with one attached hydrogen (secondary N) is 1. The average Bonchev–Trinajstić information content (AvgIpc) is 2.57. The molecule has 1 saturated heterocycles. The average molecular weight is 238 g/mol. The van der Waals surface area contributed by atoms with E-state index in [1.165, 1.54) is 13.2 Å². The number of nitrogens with zero attached hydrogens (tertiary/aromatic N) is 1. The molecule has 0 aliphatic carbocycles. The van der Waals surface area contributed by atoms with Crippen molar-refractivity contribution in [3.63, 3.8) is 0 Å². The first-order chi connectivity index (χ1) is 8.04. The summed E-state index contributed by atoms with van der Waals surface area (Å²) >= 11 is 0. The molecule has 92 valence electrons. The minimum absolute atomic E-state index is 0.00577. The predicted molar refractivity (Wildman–Crippen MR) is 61.1 cm³/mol. The molecule has 1 aliphatic heterocycles. The molecule has 1 amide bonds. The Labute approximate surface area is 99.4 Å². The molecule has 17 heavy (non-hydrogen) atoms. The zero-order valence-electron chi connectivity index (χ0n) is 10.0. The van der Waals surface area contributed by atoms with Crippen LogP contribution in [0.25, 0.3) is 0 Å². The molecule has 4 nitrogen and oxygen atoms in total. The quantitative estimate of drug-likeness (QED) is 0.844. The number of amides is 1. The van der Waals surface area contributed by atoms with Gasteiger partial charge in [0.2, 0.25) is 5.91 Å². The van der Waals surface area contributed by atoms with Crippen LogP contribution in [0.5, 0.6) is 5.75 Å². The molecule has 1 aliphatic rings. The predicted octanol–water partition coefficient (Wildman–Crippen LogP) is 1.28. The molecule has 1 N–H and O–H groups in total. The number of rotatable bonds is 2. The van der Waals surface area contributed by atoms with E-state index in [-0.39, 0.29) is 23.9 Å². The zero-order valence-corrected chi connectivity index (χ0v) is 10.0. The van der Waals surface area contributed by atoms with E-state index in [0.29, 0.717) is 5.56 Å². The molecule has 2 atom stereocenters. The minimum atomic E-state index is -0.424. The number of hydrogen-bond donors (Lipinski definition) is 1. The molecule has 0 spiro atoms. The van der Waals surface area contributed by atoms with Crippen molar-refractivity contribution in [2.45, 2.75) is 19.1 Å². The number of carbonyl (C=O) groups is 1. The van der Waals surface area contributed by atoms with E-state index < -0.39 is 5.82 Å². The molecular formula is C12H15FN2O2. The summed E-state index contributed by atoms with van der Waals surface area (Å²) < 4.78 is 18.4. The van der Waals surface area contributed by atoms with Crippen molar-refractivity contribution in [3.05, 3.63) is 29.6 Å². The zero-order chi connectivity index (χ0) is 12.6. The van der Waals surface area contributed by atoms with E-state index in [1.54, 1.807) is 31.0 Å². The lowest BCUT2D eigenvalue weighted by atomic mass is 10.1. The second kappa shape index (κ2) is 4.33. The lowest BCUT2D eigenvalue weighted by molar-refractivity contribution is -0.128. The minimum Gasteiger partial charge on any atom is -0.494 e. The maximum Gasteiger partial charge on any atom is 0.240 e. The van der Waals surface area contributed by atoms with Crippen molar-refractivity contribution >= 4 is 5.91 Å². The number of carbonyl (C=O) groups excluding carboxylic acids is 1. The van der Waals surface area contributed by atoms with Crippen molar-refractivity contribution in [2.75, 3.05) is 14.2 Å². The van der Waals surface area contributed by atoms with Crippen LogP contribution >= 0.6 is 0 Å². The summed E-state index contributed by atoms with van der Waals surface area (Å²) in [6.45, 7) is 1.79. The van der Waals surface area contributed by atoms with E-state index in [2.05, 4.69) is 5.32 Å². The number of likely N-dealkylation sites (N-methyl/N-ethyl adjacent to an activating group) is 1. The Morgan fingerprint density at radius 1 is 1.47 bits per heavy atom. The first-order valence-corrected chi connectivity index (χ1v) is 5.40. The molecule has 2 rings (SSSR count). The highest BCUT2D eigenvalue weighted by atomic mass is 19.1. The monoisotopic (exact) mass is 238 g/mol. The Kier molecular flexibility index (Phi) is 3.02. The van der Waals surface area contributed by atoms with Crippen LogP contribution in [-0.4, -0.2) is 31.0 Å². The van der Waals surface area contributed by atoms with Gasteiger partial charge in [-0.2, -0.15) is 0 Å². The maximum absolute atomic E-state index is 13.6. The van der Waals surface area contributed by atoms with Crippen LogP contribution in [0.4, 0.5) is 4.39 Å². The first-order valence-electron chi connectivity index (χ1n) is 5.40. The number of hydrogen-bond acceptors (Lipinski definition) is 3. The molecule has 2 unspecified atom stereocenters. The smallest absolute Gasteiger partial charge is 0.240 e.